The number of carboxylic acids is 1. The van der Waals surface area contributed by atoms with E-state index in [1.807, 2.05) is 24.3 Å². The fourth-order valence-corrected chi connectivity index (χ4v) is 5.45. The predicted octanol–water partition coefficient (Wildman–Crippen LogP) is 3.92. The third kappa shape index (κ3) is 4.65. The van der Waals surface area contributed by atoms with Gasteiger partial charge in [0, 0.05) is 24.4 Å². The highest BCUT2D eigenvalue weighted by atomic mass is 16.5. The standard InChI is InChI=1S/C27H30N2O5/c30-25(29-18-11-9-16(10-12-18)26(31)32)23-13-17(23)14-28-27(33)34-15-24-21-7-3-1-5-19(21)20-6-2-4-8-22(20)24/h1-8,16-18,23-24H,9-15H2,(H,28,33)(H,29,30)(H,31,32)/t16?,17-,18?,23-/m0/s1. The summed E-state index contributed by atoms with van der Waals surface area (Å²) < 4.78 is 5.57. The Kier molecular flexibility index (Phi) is 6.26. The van der Waals surface area contributed by atoms with Gasteiger partial charge >= 0.3 is 12.1 Å². The molecule has 3 aliphatic carbocycles. The van der Waals surface area contributed by atoms with Gasteiger partial charge < -0.3 is 20.5 Å². The normalized spacial score (nSPS) is 25.1. The number of carbonyl (C=O) groups excluding carboxylic acids is 2. The Morgan fingerprint density at radius 1 is 0.912 bits per heavy atom. The fourth-order valence-electron chi connectivity index (χ4n) is 5.45. The van der Waals surface area contributed by atoms with Crippen molar-refractivity contribution < 1.29 is 24.2 Å². The quantitative estimate of drug-likeness (QED) is 0.579. The SMILES string of the molecule is O=C(NC[C@@H]1C[C@@H]1C(=O)NC1CCC(C(=O)O)CC1)OCC1c2ccccc2-c2ccccc21. The van der Waals surface area contributed by atoms with Crippen LogP contribution < -0.4 is 10.6 Å². The van der Waals surface area contributed by atoms with Gasteiger partial charge in [0.25, 0.3) is 0 Å². The zero-order chi connectivity index (χ0) is 23.7. The minimum Gasteiger partial charge on any atom is -0.481 e. The van der Waals surface area contributed by atoms with Crippen LogP contribution in [0.4, 0.5) is 4.79 Å². The molecule has 5 rings (SSSR count). The van der Waals surface area contributed by atoms with E-state index in [1.165, 1.54) is 22.3 Å². The first-order valence-electron chi connectivity index (χ1n) is 12.1. The molecule has 2 amide bonds. The van der Waals surface area contributed by atoms with Crippen molar-refractivity contribution in [3.05, 3.63) is 59.7 Å². The van der Waals surface area contributed by atoms with Gasteiger partial charge in [0.15, 0.2) is 0 Å². The van der Waals surface area contributed by atoms with Crippen LogP contribution in [-0.4, -0.2) is 42.3 Å². The van der Waals surface area contributed by atoms with Gasteiger partial charge in [0.1, 0.15) is 6.61 Å². The Morgan fingerprint density at radius 2 is 1.53 bits per heavy atom. The molecule has 2 fully saturated rings. The Balaban J connectivity index is 1.05. The van der Waals surface area contributed by atoms with Gasteiger partial charge in [-0.25, -0.2) is 4.79 Å². The van der Waals surface area contributed by atoms with Crippen LogP contribution in [0.25, 0.3) is 11.1 Å². The first kappa shape index (κ1) is 22.4. The molecule has 178 valence electrons. The van der Waals surface area contributed by atoms with E-state index in [1.54, 1.807) is 0 Å². The van der Waals surface area contributed by atoms with Crippen LogP contribution in [-0.2, 0) is 14.3 Å². The molecule has 7 heteroatoms. The summed E-state index contributed by atoms with van der Waals surface area (Å²) in [5, 5.41) is 15.0. The number of fused-ring (bicyclic) bond motifs is 3. The topological polar surface area (TPSA) is 105 Å². The van der Waals surface area contributed by atoms with Crippen LogP contribution in [0.1, 0.15) is 49.1 Å². The number of hydrogen-bond acceptors (Lipinski definition) is 4. The molecule has 0 saturated heterocycles. The van der Waals surface area contributed by atoms with E-state index < -0.39 is 12.1 Å². The van der Waals surface area contributed by atoms with E-state index in [4.69, 9.17) is 9.84 Å². The molecule has 0 bridgehead atoms. The number of rotatable bonds is 7. The predicted molar refractivity (Wildman–Crippen MR) is 126 cm³/mol. The molecule has 0 aromatic heterocycles. The lowest BCUT2D eigenvalue weighted by Crippen LogP contribution is -2.40. The second kappa shape index (κ2) is 9.49. The van der Waals surface area contributed by atoms with Crippen LogP contribution in [0.3, 0.4) is 0 Å². The lowest BCUT2D eigenvalue weighted by atomic mass is 9.86. The smallest absolute Gasteiger partial charge is 0.407 e. The molecule has 3 aliphatic rings. The molecule has 2 aromatic carbocycles. The zero-order valence-corrected chi connectivity index (χ0v) is 19.0. The monoisotopic (exact) mass is 462 g/mol. The molecule has 2 atom stereocenters. The highest BCUT2D eigenvalue weighted by Gasteiger charge is 2.43. The maximum absolute atomic E-state index is 12.5. The van der Waals surface area contributed by atoms with Gasteiger partial charge in [-0.2, -0.15) is 0 Å². The summed E-state index contributed by atoms with van der Waals surface area (Å²) in [4.78, 5) is 35.9. The Morgan fingerprint density at radius 3 is 2.15 bits per heavy atom. The molecule has 0 radical (unpaired) electrons. The highest BCUT2D eigenvalue weighted by Crippen LogP contribution is 2.44. The summed E-state index contributed by atoms with van der Waals surface area (Å²) in [5.41, 5.74) is 4.73. The summed E-state index contributed by atoms with van der Waals surface area (Å²) in [7, 11) is 0. The van der Waals surface area contributed by atoms with Crippen molar-refractivity contribution in [2.24, 2.45) is 17.8 Å². The summed E-state index contributed by atoms with van der Waals surface area (Å²) in [6.45, 7) is 0.688. The molecule has 0 unspecified atom stereocenters. The van der Waals surface area contributed by atoms with Crippen LogP contribution in [0, 0.1) is 17.8 Å². The molecular formula is C27H30N2O5. The number of carboxylic acid groups (broad SMARTS) is 1. The number of benzene rings is 2. The van der Waals surface area contributed by atoms with Crippen molar-refractivity contribution in [2.75, 3.05) is 13.2 Å². The van der Waals surface area contributed by atoms with Gasteiger partial charge in [-0.15, -0.1) is 0 Å². The Bertz CT molecular complexity index is 1050. The van der Waals surface area contributed by atoms with Gasteiger partial charge in [0.05, 0.1) is 5.92 Å². The van der Waals surface area contributed by atoms with Gasteiger partial charge in [-0.3, -0.25) is 9.59 Å². The summed E-state index contributed by atoms with van der Waals surface area (Å²) in [6, 6.07) is 16.5. The van der Waals surface area contributed by atoms with E-state index in [0.717, 1.165) is 6.42 Å². The minimum atomic E-state index is -0.744. The van der Waals surface area contributed by atoms with Crippen LogP contribution >= 0.6 is 0 Å². The molecule has 0 spiro atoms. The second-order valence-electron chi connectivity index (χ2n) is 9.70. The average molecular weight is 463 g/mol. The third-order valence-corrected chi connectivity index (χ3v) is 7.53. The van der Waals surface area contributed by atoms with Crippen molar-refractivity contribution in [3.63, 3.8) is 0 Å². The molecule has 2 aromatic rings. The van der Waals surface area contributed by atoms with Crippen molar-refractivity contribution in [2.45, 2.75) is 44.1 Å². The third-order valence-electron chi connectivity index (χ3n) is 7.53. The minimum absolute atomic E-state index is 0.0121. The van der Waals surface area contributed by atoms with E-state index in [-0.39, 0.29) is 42.2 Å². The molecular weight excluding hydrogens is 432 g/mol. The van der Waals surface area contributed by atoms with E-state index in [0.29, 0.717) is 32.2 Å². The maximum Gasteiger partial charge on any atom is 0.407 e. The maximum atomic E-state index is 12.5. The molecule has 34 heavy (non-hydrogen) atoms. The first-order valence-corrected chi connectivity index (χ1v) is 12.1. The second-order valence-corrected chi connectivity index (χ2v) is 9.70. The lowest BCUT2D eigenvalue weighted by molar-refractivity contribution is -0.142. The zero-order valence-electron chi connectivity index (χ0n) is 19.0. The van der Waals surface area contributed by atoms with Crippen molar-refractivity contribution >= 4 is 18.0 Å². The van der Waals surface area contributed by atoms with Crippen LogP contribution in [0.2, 0.25) is 0 Å². The van der Waals surface area contributed by atoms with Gasteiger partial charge in [-0.1, -0.05) is 48.5 Å². The van der Waals surface area contributed by atoms with Crippen molar-refractivity contribution in [1.82, 2.24) is 10.6 Å². The number of hydrogen-bond donors (Lipinski definition) is 3. The number of nitrogens with one attached hydrogen (secondary N) is 2. The molecule has 0 heterocycles. The number of aliphatic carboxylic acids is 1. The molecule has 3 N–H and O–H groups in total. The molecule has 2 saturated carbocycles. The summed E-state index contributed by atoms with van der Waals surface area (Å²) >= 11 is 0. The summed E-state index contributed by atoms with van der Waals surface area (Å²) in [6.07, 6.45) is 2.92. The Labute approximate surface area is 198 Å². The first-order chi connectivity index (χ1) is 16.5. The number of alkyl carbamates (subject to hydrolysis) is 1. The lowest BCUT2D eigenvalue weighted by Gasteiger charge is -2.26. The summed E-state index contributed by atoms with van der Waals surface area (Å²) in [5.74, 6) is -0.969. The van der Waals surface area contributed by atoms with Gasteiger partial charge in [0.2, 0.25) is 5.91 Å². The highest BCUT2D eigenvalue weighted by molar-refractivity contribution is 5.82. The molecule has 7 nitrogen and oxygen atoms in total. The fraction of sp³-hybridized carbons (Fsp3) is 0.444. The van der Waals surface area contributed by atoms with E-state index in [9.17, 15) is 14.4 Å². The largest absolute Gasteiger partial charge is 0.481 e. The number of amides is 2. The number of carbonyl (C=O) groups is 3. The van der Waals surface area contributed by atoms with E-state index >= 15 is 0 Å². The Hall–Kier alpha value is -3.35. The van der Waals surface area contributed by atoms with Crippen LogP contribution in [0.5, 0.6) is 0 Å². The van der Waals surface area contributed by atoms with Gasteiger partial charge in [-0.05, 0) is 60.3 Å². The van der Waals surface area contributed by atoms with Crippen molar-refractivity contribution in [3.8, 4) is 11.1 Å². The number of ether oxygens (including phenoxy) is 1. The average Bonchev–Trinajstić information content (AvgIpc) is 3.57. The molecule has 0 aliphatic heterocycles. The van der Waals surface area contributed by atoms with Crippen LogP contribution in [0.15, 0.2) is 48.5 Å². The van der Waals surface area contributed by atoms with E-state index in [2.05, 4.69) is 34.9 Å². The van der Waals surface area contributed by atoms with Crippen molar-refractivity contribution in [1.29, 1.82) is 0 Å².